The third-order valence-corrected chi connectivity index (χ3v) is 6.27. The summed E-state index contributed by atoms with van der Waals surface area (Å²) in [5.41, 5.74) is 7.83. The molecular weight excluding hydrogens is 377 g/mol. The van der Waals surface area contributed by atoms with E-state index in [0.717, 1.165) is 37.1 Å². The molecule has 2 aromatic carbocycles. The number of hydrogen-bond acceptors (Lipinski definition) is 2. The van der Waals surface area contributed by atoms with Gasteiger partial charge in [0.15, 0.2) is 0 Å². The van der Waals surface area contributed by atoms with E-state index in [1.165, 1.54) is 6.07 Å². The summed E-state index contributed by atoms with van der Waals surface area (Å²) in [6.45, 7) is 1.97. The second-order valence-corrected chi connectivity index (χ2v) is 8.12. The van der Waals surface area contributed by atoms with Crippen molar-refractivity contribution in [2.24, 2.45) is 11.7 Å². The maximum atomic E-state index is 13.9. The molecule has 2 N–H and O–H groups in total. The van der Waals surface area contributed by atoms with E-state index in [9.17, 15) is 18.0 Å². The molecule has 2 atom stereocenters. The number of halogens is 3. The lowest BCUT2D eigenvalue weighted by Crippen LogP contribution is -2.33. The molecule has 1 saturated heterocycles. The van der Waals surface area contributed by atoms with Crippen LogP contribution in [-0.4, -0.2) is 23.9 Å². The van der Waals surface area contributed by atoms with E-state index in [4.69, 9.17) is 5.73 Å². The number of benzene rings is 2. The first kappa shape index (κ1) is 20.0. The van der Waals surface area contributed by atoms with Crippen LogP contribution in [-0.2, 0) is 23.9 Å². The summed E-state index contributed by atoms with van der Waals surface area (Å²) in [5, 5.41) is 0. The maximum absolute atomic E-state index is 13.9. The Kier molecular flexibility index (Phi) is 5.38. The van der Waals surface area contributed by atoms with Gasteiger partial charge in [0.2, 0.25) is 5.91 Å². The Labute approximate surface area is 168 Å². The molecule has 154 valence electrons. The van der Waals surface area contributed by atoms with Crippen LogP contribution in [0.2, 0.25) is 0 Å². The molecule has 6 heteroatoms. The van der Waals surface area contributed by atoms with Crippen LogP contribution < -0.4 is 5.73 Å². The summed E-state index contributed by atoms with van der Waals surface area (Å²) < 4.78 is 41.7. The molecule has 1 amide bonds. The molecule has 1 aliphatic heterocycles. The van der Waals surface area contributed by atoms with Gasteiger partial charge in [-0.05, 0) is 67.1 Å². The summed E-state index contributed by atoms with van der Waals surface area (Å²) >= 11 is 0. The maximum Gasteiger partial charge on any atom is 0.416 e. The van der Waals surface area contributed by atoms with Crippen molar-refractivity contribution < 1.29 is 18.0 Å². The zero-order valence-corrected chi connectivity index (χ0v) is 16.2. The fourth-order valence-electron chi connectivity index (χ4n) is 4.85. The van der Waals surface area contributed by atoms with Gasteiger partial charge in [-0.25, -0.2) is 0 Å². The Morgan fingerprint density at radius 3 is 2.52 bits per heavy atom. The number of nitrogens with zero attached hydrogens (tertiary/aromatic N) is 1. The van der Waals surface area contributed by atoms with Crippen LogP contribution >= 0.6 is 0 Å². The molecule has 3 nitrogen and oxygen atoms in total. The average molecular weight is 402 g/mol. The van der Waals surface area contributed by atoms with Gasteiger partial charge >= 0.3 is 6.18 Å². The predicted molar refractivity (Wildman–Crippen MR) is 105 cm³/mol. The second-order valence-electron chi connectivity index (χ2n) is 8.12. The highest BCUT2D eigenvalue weighted by Crippen LogP contribution is 2.43. The lowest BCUT2D eigenvalue weighted by molar-refractivity contribution is -0.138. The van der Waals surface area contributed by atoms with Crippen molar-refractivity contribution in [2.45, 2.75) is 44.3 Å². The van der Waals surface area contributed by atoms with E-state index >= 15 is 0 Å². The van der Waals surface area contributed by atoms with Gasteiger partial charge < -0.3 is 5.73 Å². The van der Waals surface area contributed by atoms with E-state index < -0.39 is 29.5 Å². The molecule has 4 rings (SSSR count). The Balaban J connectivity index is 1.78. The van der Waals surface area contributed by atoms with Crippen molar-refractivity contribution in [1.29, 1.82) is 0 Å². The molecule has 1 heterocycles. The number of alkyl halides is 3. The minimum Gasteiger partial charge on any atom is -0.369 e. The van der Waals surface area contributed by atoms with Gasteiger partial charge in [0.25, 0.3) is 0 Å². The van der Waals surface area contributed by atoms with Crippen LogP contribution in [0.25, 0.3) is 0 Å². The standard InChI is InChI=1S/C23H25F3N2O/c24-23(25,26)20-13-16(7-8-17(20)14-28-11-3-4-12-28)21-18-6-2-1-5-15(18)9-10-19(21)22(27)29/h1-2,5-8,13,19,21H,3-4,9-12,14H2,(H2,27,29). The van der Waals surface area contributed by atoms with E-state index in [1.54, 1.807) is 12.1 Å². The molecular formula is C23H25F3N2O. The quantitative estimate of drug-likeness (QED) is 0.820. The lowest BCUT2D eigenvalue weighted by atomic mass is 9.71. The highest BCUT2D eigenvalue weighted by Gasteiger charge is 2.38. The van der Waals surface area contributed by atoms with Gasteiger partial charge in [-0.15, -0.1) is 0 Å². The molecule has 0 spiro atoms. The van der Waals surface area contributed by atoms with E-state index in [0.29, 0.717) is 30.5 Å². The third-order valence-electron chi connectivity index (χ3n) is 6.27. The zero-order valence-electron chi connectivity index (χ0n) is 16.2. The number of hydrogen-bond donors (Lipinski definition) is 1. The van der Waals surface area contributed by atoms with Crippen molar-refractivity contribution in [3.63, 3.8) is 0 Å². The Morgan fingerprint density at radius 1 is 1.10 bits per heavy atom. The number of amides is 1. The fraction of sp³-hybridized carbons (Fsp3) is 0.435. The molecule has 0 saturated carbocycles. The van der Waals surface area contributed by atoms with Crippen LogP contribution in [0.15, 0.2) is 42.5 Å². The topological polar surface area (TPSA) is 46.3 Å². The fourth-order valence-corrected chi connectivity index (χ4v) is 4.85. The molecule has 0 bridgehead atoms. The largest absolute Gasteiger partial charge is 0.416 e. The summed E-state index contributed by atoms with van der Waals surface area (Å²) in [7, 11) is 0. The van der Waals surface area contributed by atoms with Gasteiger partial charge in [-0.3, -0.25) is 9.69 Å². The van der Waals surface area contributed by atoms with Gasteiger partial charge in [0.05, 0.1) is 5.56 Å². The molecule has 1 aliphatic carbocycles. The summed E-state index contributed by atoms with van der Waals surface area (Å²) in [5.74, 6) is -1.41. The number of nitrogens with two attached hydrogens (primary N) is 1. The number of fused-ring (bicyclic) bond motifs is 1. The number of rotatable bonds is 4. The zero-order chi connectivity index (χ0) is 20.6. The van der Waals surface area contributed by atoms with E-state index in [-0.39, 0.29) is 0 Å². The molecule has 29 heavy (non-hydrogen) atoms. The molecule has 2 aliphatic rings. The van der Waals surface area contributed by atoms with Crippen LogP contribution in [0.5, 0.6) is 0 Å². The number of primary amides is 1. The number of carbonyl (C=O) groups is 1. The summed E-state index contributed by atoms with van der Waals surface area (Å²) in [6, 6.07) is 12.2. The highest BCUT2D eigenvalue weighted by atomic mass is 19.4. The molecule has 0 aromatic heterocycles. The third kappa shape index (κ3) is 4.04. The van der Waals surface area contributed by atoms with Gasteiger partial charge in [0, 0.05) is 18.4 Å². The Hall–Kier alpha value is -2.34. The normalized spacial score (nSPS) is 22.4. The van der Waals surface area contributed by atoms with Crippen molar-refractivity contribution >= 4 is 5.91 Å². The first-order valence-corrected chi connectivity index (χ1v) is 10.1. The highest BCUT2D eigenvalue weighted by molar-refractivity contribution is 5.79. The van der Waals surface area contributed by atoms with E-state index in [1.807, 2.05) is 24.3 Å². The minimum atomic E-state index is -4.44. The SMILES string of the molecule is NC(=O)C1CCc2ccccc2C1c1ccc(CN2CCCC2)c(C(F)(F)F)c1. The number of aryl methyl sites for hydroxylation is 1. The van der Waals surface area contributed by atoms with Crippen molar-refractivity contribution in [1.82, 2.24) is 4.90 Å². The monoisotopic (exact) mass is 402 g/mol. The lowest BCUT2D eigenvalue weighted by Gasteiger charge is -2.33. The first-order valence-electron chi connectivity index (χ1n) is 10.1. The minimum absolute atomic E-state index is 0.294. The number of likely N-dealkylation sites (tertiary alicyclic amines) is 1. The van der Waals surface area contributed by atoms with E-state index in [2.05, 4.69) is 4.90 Å². The van der Waals surface area contributed by atoms with Crippen molar-refractivity contribution in [2.75, 3.05) is 13.1 Å². The molecule has 2 unspecified atom stereocenters. The second kappa shape index (κ2) is 7.82. The Morgan fingerprint density at radius 2 is 1.83 bits per heavy atom. The van der Waals surface area contributed by atoms with Crippen molar-refractivity contribution in [3.8, 4) is 0 Å². The summed E-state index contributed by atoms with van der Waals surface area (Å²) in [6.07, 6.45) is -1.13. The molecule has 1 fully saturated rings. The Bertz CT molecular complexity index is 903. The van der Waals surface area contributed by atoms with Crippen molar-refractivity contribution in [3.05, 3.63) is 70.3 Å². The predicted octanol–water partition coefficient (Wildman–Crippen LogP) is 4.48. The van der Waals surface area contributed by atoms with Gasteiger partial charge in [-0.1, -0.05) is 36.4 Å². The first-order chi connectivity index (χ1) is 13.8. The molecule has 2 aromatic rings. The smallest absolute Gasteiger partial charge is 0.369 e. The van der Waals surface area contributed by atoms with Crippen LogP contribution in [0.4, 0.5) is 13.2 Å². The van der Waals surface area contributed by atoms with Gasteiger partial charge in [0.1, 0.15) is 0 Å². The van der Waals surface area contributed by atoms with Crippen LogP contribution in [0, 0.1) is 5.92 Å². The van der Waals surface area contributed by atoms with Gasteiger partial charge in [-0.2, -0.15) is 13.2 Å². The number of carbonyl (C=O) groups excluding carboxylic acids is 1. The average Bonchev–Trinajstić information content (AvgIpc) is 3.19. The van der Waals surface area contributed by atoms with Crippen LogP contribution in [0.3, 0.4) is 0 Å². The molecule has 0 radical (unpaired) electrons. The summed E-state index contributed by atoms with van der Waals surface area (Å²) in [4.78, 5) is 14.2. The van der Waals surface area contributed by atoms with Crippen LogP contribution in [0.1, 0.15) is 53.0 Å².